The predicted molar refractivity (Wildman–Crippen MR) is 176 cm³/mol. The summed E-state index contributed by atoms with van der Waals surface area (Å²) in [6.07, 6.45) is 1.27. The molecule has 1 aliphatic heterocycles. The number of ether oxygens (including phenoxy) is 2. The smallest absolute Gasteiger partial charge is 0.432 e. The lowest BCUT2D eigenvalue weighted by Gasteiger charge is -2.38. The van der Waals surface area contributed by atoms with Gasteiger partial charge in [0.15, 0.2) is 0 Å². The van der Waals surface area contributed by atoms with E-state index in [1.54, 1.807) is 0 Å². The van der Waals surface area contributed by atoms with E-state index in [0.29, 0.717) is 13.0 Å². The number of nitrogens with one attached hydrogen (secondary N) is 3. The van der Waals surface area contributed by atoms with Crippen molar-refractivity contribution in [3.63, 3.8) is 0 Å². The van der Waals surface area contributed by atoms with Crippen molar-refractivity contribution in [3.8, 4) is 0 Å². The Labute approximate surface area is 282 Å². The molecule has 0 spiro atoms. The summed E-state index contributed by atoms with van der Waals surface area (Å²) in [5, 5.41) is 8.38. The van der Waals surface area contributed by atoms with Gasteiger partial charge in [-0.1, -0.05) is 91.6 Å². The topological polar surface area (TPSA) is 186 Å². The molecule has 0 radical (unpaired) electrons. The molecule has 1 aromatic rings. The summed E-state index contributed by atoms with van der Waals surface area (Å²) in [6, 6.07) is 4.99. The molecule has 264 valence electrons. The van der Waals surface area contributed by atoms with Crippen molar-refractivity contribution >= 4 is 35.7 Å². The Morgan fingerprint density at radius 1 is 0.979 bits per heavy atom. The third-order valence-corrected chi connectivity index (χ3v) is 9.99. The zero-order valence-electron chi connectivity index (χ0n) is 29.0. The number of Topliss-reactive ketones (excluding diaryl/α,β-unsaturated/α-hetero) is 1. The first kappa shape index (κ1) is 36.7. The molecule has 3 fully saturated rings. The van der Waals surface area contributed by atoms with Crippen LogP contribution in [0.4, 0.5) is 9.59 Å². The van der Waals surface area contributed by atoms with Crippen molar-refractivity contribution in [2.45, 2.75) is 98.5 Å². The number of ketones is 1. The molecule has 0 bridgehead atoms. The van der Waals surface area contributed by atoms with Crippen molar-refractivity contribution < 1.29 is 38.2 Å². The van der Waals surface area contributed by atoms with E-state index >= 15 is 0 Å². The van der Waals surface area contributed by atoms with Gasteiger partial charge in [0, 0.05) is 6.54 Å². The van der Waals surface area contributed by atoms with E-state index in [1.165, 1.54) is 4.90 Å². The van der Waals surface area contributed by atoms with E-state index in [9.17, 15) is 28.8 Å². The van der Waals surface area contributed by atoms with Crippen LogP contribution in [0.2, 0.25) is 0 Å². The third-order valence-electron chi connectivity index (χ3n) is 9.99. The van der Waals surface area contributed by atoms with Crippen LogP contribution >= 0.6 is 0 Å². The van der Waals surface area contributed by atoms with Crippen molar-refractivity contribution in [1.82, 2.24) is 20.9 Å². The van der Waals surface area contributed by atoms with Crippen LogP contribution in [-0.2, 0) is 35.3 Å². The number of fused-ring (bicyclic) bond motifs is 1. The molecule has 4 rings (SSSR count). The Kier molecular flexibility index (Phi) is 11.1. The van der Waals surface area contributed by atoms with Crippen LogP contribution in [0.5, 0.6) is 0 Å². The minimum atomic E-state index is -1.11. The van der Waals surface area contributed by atoms with Gasteiger partial charge in [-0.05, 0) is 46.5 Å². The molecule has 1 aromatic carbocycles. The van der Waals surface area contributed by atoms with Crippen molar-refractivity contribution in [2.75, 3.05) is 13.2 Å². The Balaban J connectivity index is 1.42. The molecule has 0 aromatic heterocycles. The lowest BCUT2D eigenvalue weighted by atomic mass is 9.85. The number of nitrogens with zero attached hydrogens (tertiary/aromatic N) is 1. The first-order chi connectivity index (χ1) is 22.4. The van der Waals surface area contributed by atoms with Crippen LogP contribution in [0.1, 0.15) is 73.3 Å². The monoisotopic (exact) mass is 669 g/mol. The Bertz CT molecular complexity index is 1390. The van der Waals surface area contributed by atoms with Crippen molar-refractivity contribution in [2.24, 2.45) is 40.2 Å². The van der Waals surface area contributed by atoms with Crippen LogP contribution in [0.25, 0.3) is 0 Å². The normalized spacial score (nSPS) is 22.8. The number of nitrogens with two attached hydrogens (primary N) is 1. The number of rotatable bonds is 14. The second-order valence-electron chi connectivity index (χ2n) is 15.5. The molecule has 48 heavy (non-hydrogen) atoms. The Hall–Kier alpha value is -4.16. The van der Waals surface area contributed by atoms with Crippen LogP contribution in [0.15, 0.2) is 30.3 Å². The van der Waals surface area contributed by atoms with Gasteiger partial charge in [-0.25, -0.2) is 9.59 Å². The second-order valence-corrected chi connectivity index (χ2v) is 15.5. The molecule has 1 saturated heterocycles. The highest BCUT2D eigenvalue weighted by atomic mass is 16.7. The summed E-state index contributed by atoms with van der Waals surface area (Å²) < 4.78 is 10.5. The standard InChI is InChI=1S/C35H51N5O8/c1-19(2)24(18-48-33(46)47-17-21-11-9-8-10-12-21)38-32(45)39-28(34(3,4)5)31(44)40-16-22-25(35(22,6)7)26(40)30(43)37-23(15-20-13-14-20)27(41)29(36)42/h8-12,19-20,22-26,28H,13-18H2,1-7H3,(H2,36,42)(H,37,43)(H2,38,39,45)/t22?,23?,24-,25?,26?,28?/m1/s1. The fourth-order valence-corrected chi connectivity index (χ4v) is 6.63. The molecule has 1 heterocycles. The largest absolute Gasteiger partial charge is 0.508 e. The van der Waals surface area contributed by atoms with Crippen LogP contribution in [-0.4, -0.2) is 77.9 Å². The molecule has 5 amide bonds. The number of piperidine rings is 1. The number of likely N-dealkylation sites (tertiary alicyclic amines) is 1. The van der Waals surface area contributed by atoms with E-state index in [1.807, 2.05) is 78.8 Å². The molecule has 2 saturated carbocycles. The number of urea groups is 1. The third kappa shape index (κ3) is 8.84. The van der Waals surface area contributed by atoms with E-state index in [0.717, 1.165) is 18.4 Å². The number of amides is 5. The lowest BCUT2D eigenvalue weighted by molar-refractivity contribution is -0.145. The number of primary amides is 1. The quantitative estimate of drug-likeness (QED) is 0.172. The summed E-state index contributed by atoms with van der Waals surface area (Å²) in [4.78, 5) is 79.5. The van der Waals surface area contributed by atoms with Gasteiger partial charge in [0.05, 0.1) is 12.1 Å². The maximum Gasteiger partial charge on any atom is 0.508 e. The first-order valence-corrected chi connectivity index (χ1v) is 16.8. The lowest BCUT2D eigenvalue weighted by Crippen LogP contribution is -2.62. The second kappa shape index (κ2) is 14.5. The fourth-order valence-electron chi connectivity index (χ4n) is 6.63. The minimum Gasteiger partial charge on any atom is -0.432 e. The van der Waals surface area contributed by atoms with Crippen LogP contribution in [0.3, 0.4) is 0 Å². The van der Waals surface area contributed by atoms with E-state index in [4.69, 9.17) is 15.2 Å². The SMILES string of the molecule is CC(C)[C@@H](COC(=O)OCc1ccccc1)NC(=O)NC(C(=O)N1CC2C(C1C(=O)NC(CC1CC1)C(=O)C(N)=O)C2(C)C)C(C)(C)C. The van der Waals surface area contributed by atoms with Crippen LogP contribution < -0.4 is 21.7 Å². The van der Waals surface area contributed by atoms with Gasteiger partial charge in [-0.3, -0.25) is 19.2 Å². The summed E-state index contributed by atoms with van der Waals surface area (Å²) in [7, 11) is 0. The predicted octanol–water partition coefficient (Wildman–Crippen LogP) is 2.90. The van der Waals surface area contributed by atoms with E-state index in [-0.39, 0.29) is 42.3 Å². The average Bonchev–Trinajstić information content (AvgIpc) is 3.87. The van der Waals surface area contributed by atoms with Gasteiger partial charge >= 0.3 is 12.2 Å². The maximum atomic E-state index is 14.2. The van der Waals surface area contributed by atoms with E-state index in [2.05, 4.69) is 16.0 Å². The zero-order chi connectivity index (χ0) is 35.6. The molecule has 6 atom stereocenters. The summed E-state index contributed by atoms with van der Waals surface area (Å²) in [5.41, 5.74) is 5.15. The maximum absolute atomic E-state index is 14.2. The molecular formula is C35H51N5O8. The average molecular weight is 670 g/mol. The number of carbonyl (C=O) groups excluding carboxylic acids is 6. The molecule has 2 aliphatic carbocycles. The molecule has 13 nitrogen and oxygen atoms in total. The molecule has 5 unspecified atom stereocenters. The molecule has 3 aliphatic rings. The minimum absolute atomic E-state index is 0.0480. The summed E-state index contributed by atoms with van der Waals surface area (Å²) in [5.74, 6) is -2.88. The van der Waals surface area contributed by atoms with Gasteiger partial charge in [-0.15, -0.1) is 0 Å². The van der Waals surface area contributed by atoms with Gasteiger partial charge in [0.25, 0.3) is 5.91 Å². The summed E-state index contributed by atoms with van der Waals surface area (Å²) in [6.45, 7) is 13.5. The molecule has 5 N–H and O–H groups in total. The number of benzene rings is 1. The molecular weight excluding hydrogens is 618 g/mol. The van der Waals surface area contributed by atoms with Crippen molar-refractivity contribution in [1.29, 1.82) is 0 Å². The zero-order valence-corrected chi connectivity index (χ0v) is 29.0. The van der Waals surface area contributed by atoms with Gasteiger partial charge in [-0.2, -0.15) is 0 Å². The first-order valence-electron chi connectivity index (χ1n) is 16.8. The number of hydrogen-bond donors (Lipinski definition) is 4. The highest BCUT2D eigenvalue weighted by Crippen LogP contribution is 2.65. The fraction of sp³-hybridized carbons (Fsp3) is 0.657. The Morgan fingerprint density at radius 2 is 1.62 bits per heavy atom. The summed E-state index contributed by atoms with van der Waals surface area (Å²) >= 11 is 0. The van der Waals surface area contributed by atoms with Gasteiger partial charge < -0.3 is 36.1 Å². The number of carbonyl (C=O) groups is 6. The highest BCUT2D eigenvalue weighted by molar-refractivity contribution is 6.37. The van der Waals surface area contributed by atoms with E-state index < -0.39 is 65.3 Å². The van der Waals surface area contributed by atoms with Crippen LogP contribution in [0, 0.1) is 34.5 Å². The van der Waals surface area contributed by atoms with Gasteiger partial charge in [0.1, 0.15) is 25.3 Å². The highest BCUT2D eigenvalue weighted by Gasteiger charge is 2.70. The molecule has 13 heteroatoms. The van der Waals surface area contributed by atoms with Crippen molar-refractivity contribution in [3.05, 3.63) is 35.9 Å². The van der Waals surface area contributed by atoms with Gasteiger partial charge in [0.2, 0.25) is 17.6 Å². The Morgan fingerprint density at radius 3 is 2.19 bits per heavy atom. The number of hydrogen-bond acceptors (Lipinski definition) is 8.